The maximum Gasteiger partial charge on any atom is 0.397 e. The largest absolute Gasteiger partial charge is 0.397 e. The summed E-state index contributed by atoms with van der Waals surface area (Å²) >= 11 is 0.428. The van der Waals surface area contributed by atoms with Gasteiger partial charge in [-0.05, 0) is 27.7 Å². The van der Waals surface area contributed by atoms with Crippen molar-refractivity contribution < 1.29 is 203 Å². The number of hydrogen-bond acceptors (Lipinski definition) is 46. The lowest BCUT2D eigenvalue weighted by Crippen LogP contribution is -2.67. The van der Waals surface area contributed by atoms with Crippen molar-refractivity contribution in [2.45, 2.75) is 244 Å². The van der Waals surface area contributed by atoms with Gasteiger partial charge in [-0.25, -0.2) is 42.5 Å². The number of aliphatic hydroxyl groups excluding tert-OH is 8. The summed E-state index contributed by atoms with van der Waals surface area (Å²) in [7, 11) is -14.4. The molecule has 7 aliphatic heterocycles. The van der Waals surface area contributed by atoms with Gasteiger partial charge in [0.25, 0.3) is 0 Å². The number of aliphatic hydroxyl groups is 8. The molecule has 0 amide bonds. The molecule has 0 radical (unpaired) electrons. The zero-order valence-corrected chi connectivity index (χ0v) is 54.8. The van der Waals surface area contributed by atoms with Gasteiger partial charge in [0.2, 0.25) is 0 Å². The van der Waals surface area contributed by atoms with Crippen LogP contribution in [0.25, 0.3) is 0 Å². The molecule has 0 spiro atoms. The molecule has 0 aromatic heterocycles. The maximum absolute atomic E-state index is 12.1. The van der Waals surface area contributed by atoms with Crippen molar-refractivity contribution in [3.63, 3.8) is 0 Å². The number of rotatable bonds is 34. The first-order valence-electron chi connectivity index (χ1n) is 28.2. The Morgan fingerprint density at radius 1 is 0.379 bits per heavy atom. The van der Waals surface area contributed by atoms with Crippen molar-refractivity contribution >= 4 is 67.9 Å². The van der Waals surface area contributed by atoms with Crippen LogP contribution in [0.15, 0.2) is 0 Å². The van der Waals surface area contributed by atoms with Crippen LogP contribution in [0.5, 0.6) is 0 Å². The predicted octanol–water partition coefficient (Wildman–Crippen LogP) is -6.17. The maximum atomic E-state index is 12.1. The Morgan fingerprint density at radius 3 is 0.916 bits per heavy atom. The second-order valence-electron chi connectivity index (χ2n) is 22.0. The van der Waals surface area contributed by atoms with Gasteiger partial charge in [0.05, 0.1) is 86.8 Å². The van der Waals surface area contributed by atoms with Gasteiger partial charge < -0.3 is 107 Å². The molecule has 0 bridgehead atoms. The van der Waals surface area contributed by atoms with Gasteiger partial charge >= 0.3 is 31.2 Å². The highest BCUT2D eigenvalue weighted by molar-refractivity contribution is 7.93. The van der Waals surface area contributed by atoms with Crippen LogP contribution in [0, 0.1) is 0 Å². The summed E-state index contributed by atoms with van der Waals surface area (Å²) < 4.78 is 218. The summed E-state index contributed by atoms with van der Waals surface area (Å²) in [5.74, 6) is 0. The zero-order chi connectivity index (χ0) is 69.9. The van der Waals surface area contributed by atoms with Crippen LogP contribution in [0.3, 0.4) is 0 Å². The van der Waals surface area contributed by atoms with Crippen molar-refractivity contribution in [3.8, 4) is 0 Å². The van der Waals surface area contributed by atoms with Crippen molar-refractivity contribution in [1.82, 2.24) is 14.2 Å². The Labute approximate surface area is 553 Å². The molecule has 17 N–H and O–H groups in total. The Balaban J connectivity index is 1.06. The van der Waals surface area contributed by atoms with Crippen LogP contribution in [-0.2, 0) is 138 Å². The third-order valence-corrected chi connectivity index (χ3v) is 18.4. The topological polar surface area (TPSA) is 634 Å². The fourth-order valence-electron chi connectivity index (χ4n) is 11.2. The van der Waals surface area contributed by atoms with Gasteiger partial charge in [-0.1, -0.05) is 15.1 Å². The Hall–Kier alpha value is -0.700. The van der Waals surface area contributed by atoms with E-state index in [4.69, 9.17) is 82.1 Å². The van der Waals surface area contributed by atoms with E-state index in [9.17, 15) is 79.8 Å². The van der Waals surface area contributed by atoms with E-state index in [0.717, 1.165) is 0 Å². The van der Waals surface area contributed by atoms with Gasteiger partial charge in [-0.15, -0.1) is 13.0 Å². The van der Waals surface area contributed by atoms with E-state index in [1.807, 2.05) is 0 Å². The van der Waals surface area contributed by atoms with Crippen molar-refractivity contribution in [1.29, 1.82) is 0 Å². The van der Waals surface area contributed by atoms with E-state index in [2.05, 4.69) is 54.8 Å². The molecule has 558 valence electrons. The third kappa shape index (κ3) is 23.4. The monoisotopic (exact) mass is 1520 g/mol. The molecule has 46 nitrogen and oxygen atoms in total. The van der Waals surface area contributed by atoms with Crippen molar-refractivity contribution in [3.05, 3.63) is 0 Å². The van der Waals surface area contributed by atoms with E-state index < -0.39 is 254 Å². The normalized spacial score (nSPS) is 43.4. The standard InChI is InChI=1S/C43H77N3O43S6/c1-13-31(51)17(47)6-25(71-13)78-38-21(10-68-93(58,59)60)75-42(28(32(38)52)44-90-87-84-55)82-36-15(3)73-27(8-19(36)49)80-40-23(12-70-95(64,65)66)77-43(30(34(40)54)46-92-89-86-57)83-37-16(4)74-26(9-20(37)50)79-39-22(11-69-94(61,62)63)76-41(29(33(39)53)45-91-88-85-56)81-35-14(2)72-24(67-5)7-18(35)48/h13-57H,6-12H2,1-5H3,(H,58,59,60)(H,61,62,63)(H,64,65,66)/t13?,14?,15?,16?,17-,18-,19-,20-,21?,22?,23?,24+,25-,26-,27-,28?,29?,30?,31+,32+,33+,34+,35-,36-,37-,38+,39+,40+,41-,42-,43-/m0/s1. The van der Waals surface area contributed by atoms with Crippen LogP contribution < -0.4 is 14.2 Å². The van der Waals surface area contributed by atoms with E-state index in [1.165, 1.54) is 34.8 Å². The smallest absolute Gasteiger partial charge is 0.390 e. The fraction of sp³-hybridized carbons (Fsp3) is 1.00. The average Bonchev–Trinajstić information content (AvgIpc) is 0.794. The predicted molar refractivity (Wildman–Crippen MR) is 297 cm³/mol. The first-order valence-corrected chi connectivity index (χ1v) is 34.6. The summed E-state index contributed by atoms with van der Waals surface area (Å²) in [6.45, 7) is 2.21. The zero-order valence-electron chi connectivity index (χ0n) is 49.9. The van der Waals surface area contributed by atoms with Gasteiger partial charge in [0.1, 0.15) is 116 Å². The highest BCUT2D eigenvalue weighted by Gasteiger charge is 2.56. The summed E-state index contributed by atoms with van der Waals surface area (Å²) in [5.41, 5.74) is 0. The Bertz CT molecular complexity index is 2600. The number of methoxy groups -OCH3 is 1. The molecule has 7 aliphatic rings. The summed E-state index contributed by atoms with van der Waals surface area (Å²) in [4.78, 5) is 0. The summed E-state index contributed by atoms with van der Waals surface area (Å²) in [5, 5.41) is 128. The van der Waals surface area contributed by atoms with Crippen LogP contribution in [0.2, 0.25) is 0 Å². The van der Waals surface area contributed by atoms with Crippen molar-refractivity contribution in [2.75, 3.05) is 26.9 Å². The van der Waals surface area contributed by atoms with Gasteiger partial charge in [-0.3, -0.25) is 13.7 Å². The van der Waals surface area contributed by atoms with E-state index in [-0.39, 0.29) is 49.5 Å². The molecule has 0 aliphatic carbocycles. The highest BCUT2D eigenvalue weighted by atomic mass is 32.3. The van der Waals surface area contributed by atoms with Crippen LogP contribution in [0.4, 0.5) is 0 Å². The third-order valence-electron chi connectivity index (χ3n) is 15.6. The molecule has 0 aromatic rings. The Morgan fingerprint density at radius 2 is 0.653 bits per heavy atom. The molecule has 52 heteroatoms. The van der Waals surface area contributed by atoms with Gasteiger partial charge in [-0.2, -0.15) is 25.3 Å². The number of nitrogens with one attached hydrogen (secondary N) is 3. The molecule has 7 saturated heterocycles. The second-order valence-corrected chi connectivity index (χ2v) is 26.9. The molecule has 0 aromatic carbocycles. The van der Waals surface area contributed by atoms with Crippen LogP contribution in [0.1, 0.15) is 53.4 Å². The van der Waals surface area contributed by atoms with Gasteiger partial charge in [0, 0.05) is 32.8 Å². The minimum atomic E-state index is -5.32. The molecular formula is C43H77N3O43S6. The molecule has 7 heterocycles. The second kappa shape index (κ2) is 37.1. The molecule has 7 fully saturated rings. The number of hydrogen-bond donors (Lipinski definition) is 17. The summed E-state index contributed by atoms with van der Waals surface area (Å²) in [6.07, 6.45) is -45.5. The minimum Gasteiger partial charge on any atom is -0.390 e. The molecular weight excluding hydrogens is 1440 g/mol. The first kappa shape index (κ1) is 81.6. The first-order chi connectivity index (χ1) is 44.7. The number of ether oxygens (including phenoxy) is 14. The lowest BCUT2D eigenvalue weighted by molar-refractivity contribution is -0.432. The molecule has 10 unspecified atom stereocenters. The molecule has 95 heavy (non-hydrogen) atoms. The Kier molecular flexibility index (Phi) is 31.9. The van der Waals surface area contributed by atoms with Gasteiger partial charge in [0.15, 0.2) is 44.0 Å². The molecule has 7 rings (SSSR count). The highest BCUT2D eigenvalue weighted by Crippen LogP contribution is 2.39. The van der Waals surface area contributed by atoms with Crippen LogP contribution >= 0.6 is 36.7 Å². The average molecular weight is 1520 g/mol. The minimum absolute atomic E-state index is 0.0975. The quantitative estimate of drug-likeness (QED) is 0.00712. The molecule has 31 atom stereocenters. The molecule has 0 saturated carbocycles. The SMILES string of the molecule is CO[C@H]1C[C@H](O)[C@@H](O[C@@H]2OC(COS(=O)(=O)O)[C@@H](O[C@H]3C[C@H](O)[C@@H](O[C@@H]4OC(COS(=O)(=O)O)[C@@H](O[C@H]5C[C@H](O)[C@@H](O[C@@H]6OC(COS(=O)(=O)O)[C@@H](O[C@H]7C[C@H](O)[C@H](O)C(C)O7)[C@H](O)C6NSOOO)C(C)O5)[C@H](O)C4NSOOO)C(C)O3)[C@H](O)C2NSOOO)C(C)O1. The van der Waals surface area contributed by atoms with E-state index in [1.54, 1.807) is 0 Å². The van der Waals surface area contributed by atoms with Crippen LogP contribution in [-0.4, -0.2) is 313 Å². The van der Waals surface area contributed by atoms with E-state index >= 15 is 0 Å². The fourth-order valence-corrected chi connectivity index (χ4v) is 13.4. The lowest BCUT2D eigenvalue weighted by atomic mass is 9.95. The van der Waals surface area contributed by atoms with E-state index in [0.29, 0.717) is 0 Å². The summed E-state index contributed by atoms with van der Waals surface area (Å²) in [6, 6.07) is -4.83. The van der Waals surface area contributed by atoms with Crippen molar-refractivity contribution in [2.24, 2.45) is 0 Å². The lowest BCUT2D eigenvalue weighted by Gasteiger charge is -2.49.